The van der Waals surface area contributed by atoms with Gasteiger partial charge < -0.3 is 10.2 Å². The predicted molar refractivity (Wildman–Crippen MR) is 121 cm³/mol. The van der Waals surface area contributed by atoms with Gasteiger partial charge in [-0.1, -0.05) is 32.1 Å². The van der Waals surface area contributed by atoms with E-state index in [0.29, 0.717) is 23.5 Å². The molecule has 30 heavy (non-hydrogen) atoms. The molecule has 0 amide bonds. The Labute approximate surface area is 182 Å². The molecule has 0 spiro atoms. The first kappa shape index (κ1) is 19.1. The normalized spacial score (nSPS) is 39.5. The number of benzene rings is 1. The summed E-state index contributed by atoms with van der Waals surface area (Å²) in [6.45, 7) is 4.86. The van der Waals surface area contributed by atoms with Crippen molar-refractivity contribution in [2.75, 3.05) is 0 Å². The van der Waals surface area contributed by atoms with E-state index in [9.17, 15) is 10.2 Å². The number of aryl methyl sites for hydroxylation is 1. The smallest absolute Gasteiger partial charge is 0.127 e. The number of aromatic nitrogens is 1. The Bertz CT molecular complexity index is 1040. The lowest BCUT2D eigenvalue weighted by Gasteiger charge is -2.56. The minimum absolute atomic E-state index is 0.109. The quantitative estimate of drug-likeness (QED) is 0.588. The average molecular weight is 422 g/mol. The van der Waals surface area contributed by atoms with Gasteiger partial charge in [0.25, 0.3) is 0 Å². The van der Waals surface area contributed by atoms with Crippen LogP contribution in [0.2, 0.25) is 0 Å². The lowest BCUT2D eigenvalue weighted by molar-refractivity contribution is -0.0579. The Morgan fingerprint density at radius 3 is 2.73 bits per heavy atom. The molecule has 158 valence electrons. The Morgan fingerprint density at radius 2 is 1.90 bits per heavy atom. The van der Waals surface area contributed by atoms with E-state index in [4.69, 9.17) is 4.98 Å². The molecule has 0 unspecified atom stereocenters. The standard InChI is InChI=1S/C26H31NO2S/c1-25-14-12-20-23(30-24(27-20)16-5-3-4-6-21(16)28)19(25)8-7-15-17-9-10-22(29)26(17,2)13-11-18(15)25/h3-6,8,15,17-18,22,28-29H,7,9-14H2,1-2H3/t15-,17-,18-,22-,25+,26-/m0/s1. The van der Waals surface area contributed by atoms with Crippen molar-refractivity contribution in [2.45, 2.75) is 64.9 Å². The predicted octanol–water partition coefficient (Wildman–Crippen LogP) is 6.06. The van der Waals surface area contributed by atoms with Gasteiger partial charge in [0.05, 0.1) is 22.2 Å². The molecule has 0 saturated heterocycles. The summed E-state index contributed by atoms with van der Waals surface area (Å²) in [5.74, 6) is 2.41. The molecule has 4 aliphatic carbocycles. The number of fused-ring (bicyclic) bond motifs is 7. The number of para-hydroxylation sites is 1. The summed E-state index contributed by atoms with van der Waals surface area (Å²) in [5, 5.41) is 22.0. The van der Waals surface area contributed by atoms with Crippen LogP contribution in [-0.4, -0.2) is 21.3 Å². The maximum absolute atomic E-state index is 10.7. The van der Waals surface area contributed by atoms with Crippen molar-refractivity contribution < 1.29 is 10.2 Å². The number of rotatable bonds is 1. The van der Waals surface area contributed by atoms with Crippen molar-refractivity contribution in [1.29, 1.82) is 0 Å². The molecule has 6 atom stereocenters. The first-order chi connectivity index (χ1) is 14.4. The number of nitrogens with zero attached hydrogens (tertiary/aromatic N) is 1. The first-order valence-electron chi connectivity index (χ1n) is 11.6. The zero-order chi connectivity index (χ0) is 20.7. The number of hydrogen-bond acceptors (Lipinski definition) is 4. The average Bonchev–Trinajstić information content (AvgIpc) is 3.29. The fourth-order valence-corrected chi connectivity index (χ4v) is 8.94. The third-order valence-electron chi connectivity index (χ3n) is 9.37. The molecule has 2 N–H and O–H groups in total. The van der Waals surface area contributed by atoms with Gasteiger partial charge in [0, 0.05) is 0 Å². The highest BCUT2D eigenvalue weighted by Gasteiger charge is 2.58. The van der Waals surface area contributed by atoms with Crippen LogP contribution in [-0.2, 0) is 6.42 Å². The third-order valence-corrected chi connectivity index (χ3v) is 10.5. The van der Waals surface area contributed by atoms with Crippen LogP contribution in [0.4, 0.5) is 0 Å². The Morgan fingerprint density at radius 1 is 1.07 bits per heavy atom. The molecule has 0 aliphatic heterocycles. The van der Waals surface area contributed by atoms with Crippen molar-refractivity contribution in [2.24, 2.45) is 28.6 Å². The van der Waals surface area contributed by atoms with E-state index < -0.39 is 0 Å². The van der Waals surface area contributed by atoms with Gasteiger partial charge in [0.2, 0.25) is 0 Å². The largest absolute Gasteiger partial charge is 0.507 e. The van der Waals surface area contributed by atoms with Gasteiger partial charge in [-0.05, 0) is 91.2 Å². The minimum atomic E-state index is -0.109. The van der Waals surface area contributed by atoms with E-state index in [-0.39, 0.29) is 16.9 Å². The van der Waals surface area contributed by atoms with Crippen LogP contribution in [0.5, 0.6) is 5.75 Å². The third kappa shape index (κ3) is 2.44. The summed E-state index contributed by atoms with van der Waals surface area (Å²) in [6, 6.07) is 7.56. The van der Waals surface area contributed by atoms with E-state index in [0.717, 1.165) is 29.8 Å². The second kappa shape index (κ2) is 6.43. The van der Waals surface area contributed by atoms with Gasteiger partial charge in [-0.15, -0.1) is 11.3 Å². The zero-order valence-electron chi connectivity index (χ0n) is 17.9. The molecule has 4 aliphatic rings. The lowest BCUT2D eigenvalue weighted by atomic mass is 9.48. The maximum atomic E-state index is 10.7. The monoisotopic (exact) mass is 421 g/mol. The van der Waals surface area contributed by atoms with Gasteiger partial charge in [0.1, 0.15) is 10.8 Å². The van der Waals surface area contributed by atoms with Crippen molar-refractivity contribution in [3.8, 4) is 16.3 Å². The van der Waals surface area contributed by atoms with Crippen molar-refractivity contribution in [3.05, 3.63) is 40.9 Å². The van der Waals surface area contributed by atoms with Crippen LogP contribution in [0.15, 0.2) is 30.3 Å². The van der Waals surface area contributed by atoms with E-state index in [1.807, 2.05) is 18.2 Å². The first-order valence-corrected chi connectivity index (χ1v) is 12.4. The van der Waals surface area contributed by atoms with E-state index in [1.54, 1.807) is 17.4 Å². The molecule has 1 heterocycles. The number of allylic oxidation sites excluding steroid dienone is 2. The molecule has 6 rings (SSSR count). The second-order valence-corrected chi connectivity index (χ2v) is 11.6. The molecule has 2 fully saturated rings. The zero-order valence-corrected chi connectivity index (χ0v) is 18.7. The summed E-state index contributed by atoms with van der Waals surface area (Å²) in [7, 11) is 0. The van der Waals surface area contributed by atoms with Crippen molar-refractivity contribution in [3.63, 3.8) is 0 Å². The fraction of sp³-hybridized carbons (Fsp3) is 0.577. The number of aliphatic hydroxyl groups is 1. The van der Waals surface area contributed by atoms with Gasteiger partial charge in [-0.25, -0.2) is 4.98 Å². The number of thiazole rings is 1. The Balaban J connectivity index is 1.40. The Hall–Kier alpha value is -1.65. The van der Waals surface area contributed by atoms with Gasteiger partial charge in [0.15, 0.2) is 0 Å². The molecular formula is C26H31NO2S. The maximum Gasteiger partial charge on any atom is 0.127 e. The van der Waals surface area contributed by atoms with E-state index >= 15 is 0 Å². The summed E-state index contributed by atoms with van der Waals surface area (Å²) < 4.78 is 0. The van der Waals surface area contributed by atoms with Crippen LogP contribution in [0.3, 0.4) is 0 Å². The molecule has 4 heteroatoms. The van der Waals surface area contributed by atoms with Crippen molar-refractivity contribution >= 4 is 16.9 Å². The van der Waals surface area contributed by atoms with Crippen LogP contribution >= 0.6 is 11.3 Å². The van der Waals surface area contributed by atoms with Gasteiger partial charge >= 0.3 is 0 Å². The topological polar surface area (TPSA) is 53.4 Å². The number of phenols is 1. The SMILES string of the molecule is C[C@]12CC[C@H]3[C@@H](CC=C4c5sc(-c6ccccc6O)nc5CC[C@@]43C)[C@@H]1CC[C@@H]2O. The summed E-state index contributed by atoms with van der Waals surface area (Å²) in [5.41, 5.74) is 3.93. The number of aliphatic hydroxyl groups excluding tert-OH is 1. The molecule has 2 saturated carbocycles. The lowest BCUT2D eigenvalue weighted by Crippen LogP contribution is -2.50. The minimum Gasteiger partial charge on any atom is -0.507 e. The van der Waals surface area contributed by atoms with E-state index in [1.165, 1.54) is 41.8 Å². The summed E-state index contributed by atoms with van der Waals surface area (Å²) >= 11 is 1.77. The molecule has 1 aromatic carbocycles. The fourth-order valence-electron chi connectivity index (χ4n) is 7.62. The number of hydrogen-bond donors (Lipinski definition) is 2. The van der Waals surface area contributed by atoms with Crippen LogP contribution in [0.1, 0.15) is 62.9 Å². The molecular weight excluding hydrogens is 390 g/mol. The summed E-state index contributed by atoms with van der Waals surface area (Å²) in [6.07, 6.45) is 10.4. The van der Waals surface area contributed by atoms with Crippen LogP contribution in [0, 0.1) is 28.6 Å². The Kier molecular flexibility index (Phi) is 4.09. The van der Waals surface area contributed by atoms with Crippen molar-refractivity contribution in [1.82, 2.24) is 4.98 Å². The highest BCUT2D eigenvalue weighted by Crippen LogP contribution is 2.66. The molecule has 1 aromatic heterocycles. The van der Waals surface area contributed by atoms with Gasteiger partial charge in [-0.2, -0.15) is 0 Å². The van der Waals surface area contributed by atoms with Crippen LogP contribution < -0.4 is 0 Å². The number of phenolic OH excluding ortho intramolecular Hbond substituents is 1. The van der Waals surface area contributed by atoms with Gasteiger partial charge in [-0.3, -0.25) is 0 Å². The highest BCUT2D eigenvalue weighted by atomic mass is 32.1. The molecule has 2 aromatic rings. The van der Waals surface area contributed by atoms with Crippen LogP contribution in [0.25, 0.3) is 16.1 Å². The summed E-state index contributed by atoms with van der Waals surface area (Å²) in [4.78, 5) is 6.33. The highest BCUT2D eigenvalue weighted by molar-refractivity contribution is 7.16. The molecule has 0 bridgehead atoms. The molecule has 0 radical (unpaired) electrons. The molecule has 3 nitrogen and oxygen atoms in total. The van der Waals surface area contributed by atoms with E-state index in [2.05, 4.69) is 19.9 Å². The number of aromatic hydroxyl groups is 1. The second-order valence-electron chi connectivity index (χ2n) is 10.6.